The molecule has 6 rings (SSSR count). The Hall–Kier alpha value is -3.95. The molecule has 9 heteroatoms. The third kappa shape index (κ3) is 3.55. The molecule has 34 heavy (non-hydrogen) atoms. The maximum atomic E-state index is 12.8. The summed E-state index contributed by atoms with van der Waals surface area (Å²) in [6, 6.07) is 14.0. The highest BCUT2D eigenvalue weighted by Gasteiger charge is 2.27. The number of rotatable bonds is 5. The topological polar surface area (TPSA) is 89.8 Å². The van der Waals surface area contributed by atoms with E-state index in [1.807, 2.05) is 66.4 Å². The third-order valence-electron chi connectivity index (χ3n) is 6.63. The van der Waals surface area contributed by atoms with Gasteiger partial charge >= 0.3 is 0 Å². The molecule has 1 fully saturated rings. The monoisotopic (exact) mass is 454 g/mol. The molecule has 0 saturated carbocycles. The number of piperazine rings is 1. The SMILES string of the molecule is CNN1CCN(c2ccc(Nc3ccc(-c4cnc5ccccn45)c4c3C(=O)NC4)nc2)CC1. The fraction of sp³-hybridized carbons (Fsp3) is 0.240. The number of nitrogens with zero attached hydrogens (tertiary/aromatic N) is 5. The highest BCUT2D eigenvalue weighted by atomic mass is 16.1. The Morgan fingerprint density at radius 3 is 2.65 bits per heavy atom. The van der Waals surface area contributed by atoms with Gasteiger partial charge in [-0.3, -0.25) is 14.6 Å². The minimum absolute atomic E-state index is 0.0767. The first-order chi connectivity index (χ1) is 16.7. The molecule has 0 spiro atoms. The fourth-order valence-electron chi connectivity index (χ4n) is 4.80. The Balaban J connectivity index is 1.28. The summed E-state index contributed by atoms with van der Waals surface area (Å²) < 4.78 is 2.04. The van der Waals surface area contributed by atoms with Gasteiger partial charge in [0.15, 0.2) is 0 Å². The summed E-state index contributed by atoms with van der Waals surface area (Å²) in [6.07, 6.45) is 5.74. The summed E-state index contributed by atoms with van der Waals surface area (Å²) in [6.45, 7) is 4.33. The molecule has 5 heterocycles. The molecule has 9 nitrogen and oxygen atoms in total. The number of aromatic nitrogens is 3. The van der Waals surface area contributed by atoms with Gasteiger partial charge in [0.2, 0.25) is 0 Å². The van der Waals surface area contributed by atoms with Crippen LogP contribution in [0.5, 0.6) is 0 Å². The van der Waals surface area contributed by atoms with Crippen molar-refractivity contribution in [2.75, 3.05) is 43.4 Å². The summed E-state index contributed by atoms with van der Waals surface area (Å²) in [4.78, 5) is 24.2. The van der Waals surface area contributed by atoms with Crippen LogP contribution in [0.15, 0.2) is 61.1 Å². The van der Waals surface area contributed by atoms with Crippen molar-refractivity contribution in [2.24, 2.45) is 0 Å². The zero-order valence-electron chi connectivity index (χ0n) is 19.0. The number of hydrazine groups is 1. The lowest BCUT2D eigenvalue weighted by Crippen LogP contribution is -2.50. The maximum Gasteiger partial charge on any atom is 0.254 e. The van der Waals surface area contributed by atoms with Crippen molar-refractivity contribution in [3.63, 3.8) is 0 Å². The number of carbonyl (C=O) groups excluding carboxylic acids is 1. The molecule has 4 aromatic rings. The first-order valence-electron chi connectivity index (χ1n) is 11.5. The van der Waals surface area contributed by atoms with Crippen LogP contribution in [0.4, 0.5) is 17.2 Å². The number of benzene rings is 1. The lowest BCUT2D eigenvalue weighted by Gasteiger charge is -2.35. The first-order valence-corrected chi connectivity index (χ1v) is 11.5. The van der Waals surface area contributed by atoms with Gasteiger partial charge in [-0.2, -0.15) is 0 Å². The molecule has 2 aliphatic heterocycles. The van der Waals surface area contributed by atoms with Crippen LogP contribution < -0.4 is 21.0 Å². The van der Waals surface area contributed by atoms with E-state index in [1.54, 1.807) is 0 Å². The molecule has 3 N–H and O–H groups in total. The van der Waals surface area contributed by atoms with Crippen LogP contribution in [0.3, 0.4) is 0 Å². The molecule has 1 saturated heterocycles. The van der Waals surface area contributed by atoms with E-state index in [9.17, 15) is 4.79 Å². The third-order valence-corrected chi connectivity index (χ3v) is 6.63. The molecule has 0 unspecified atom stereocenters. The van der Waals surface area contributed by atoms with E-state index in [1.165, 1.54) is 0 Å². The van der Waals surface area contributed by atoms with Crippen molar-refractivity contribution < 1.29 is 4.79 Å². The summed E-state index contributed by atoms with van der Waals surface area (Å²) in [5.74, 6) is 0.634. The van der Waals surface area contributed by atoms with Crippen LogP contribution in [0.25, 0.3) is 16.9 Å². The van der Waals surface area contributed by atoms with Crippen LogP contribution in [-0.2, 0) is 6.54 Å². The quantitative estimate of drug-likeness (QED) is 0.427. The molecule has 1 amide bonds. The number of fused-ring (bicyclic) bond motifs is 2. The fourth-order valence-corrected chi connectivity index (χ4v) is 4.80. The van der Waals surface area contributed by atoms with Gasteiger partial charge in [-0.05, 0) is 42.9 Å². The van der Waals surface area contributed by atoms with Crippen LogP contribution in [-0.4, -0.2) is 58.5 Å². The highest BCUT2D eigenvalue weighted by Crippen LogP contribution is 2.35. The van der Waals surface area contributed by atoms with Crippen LogP contribution in [0, 0.1) is 0 Å². The molecule has 1 aromatic carbocycles. The number of carbonyl (C=O) groups is 1. The minimum atomic E-state index is -0.0767. The molecule has 0 aliphatic carbocycles. The standard InChI is InChI=1S/C25H26N8O/c1-26-32-12-10-31(11-13-32)17-5-8-22(27-14-17)30-20-7-6-18(19-15-29-25(34)24(19)20)21-16-28-23-4-2-3-9-33(21)23/h2-9,14,16,26H,10-13,15H2,1H3,(H,27,30)(H,29,34). The lowest BCUT2D eigenvalue weighted by molar-refractivity contribution is 0.0966. The van der Waals surface area contributed by atoms with Crippen molar-refractivity contribution >= 4 is 28.7 Å². The summed E-state index contributed by atoms with van der Waals surface area (Å²) in [5.41, 5.74) is 9.54. The van der Waals surface area contributed by atoms with E-state index < -0.39 is 0 Å². The summed E-state index contributed by atoms with van der Waals surface area (Å²) >= 11 is 0. The van der Waals surface area contributed by atoms with Crippen molar-refractivity contribution in [2.45, 2.75) is 6.54 Å². The van der Waals surface area contributed by atoms with Gasteiger partial charge in [-0.25, -0.2) is 15.0 Å². The van der Waals surface area contributed by atoms with E-state index in [0.717, 1.165) is 60.0 Å². The Morgan fingerprint density at radius 1 is 0.971 bits per heavy atom. The van der Waals surface area contributed by atoms with Crippen molar-refractivity contribution in [3.8, 4) is 11.3 Å². The normalized spacial score (nSPS) is 16.0. The second-order valence-electron chi connectivity index (χ2n) is 8.49. The smallest absolute Gasteiger partial charge is 0.254 e. The van der Waals surface area contributed by atoms with Crippen molar-refractivity contribution in [3.05, 3.63) is 72.2 Å². The van der Waals surface area contributed by atoms with Gasteiger partial charge in [0, 0.05) is 44.5 Å². The van der Waals surface area contributed by atoms with Gasteiger partial charge in [0.25, 0.3) is 5.91 Å². The number of anilines is 3. The molecule has 172 valence electrons. The molecule has 2 aliphatic rings. The largest absolute Gasteiger partial charge is 0.368 e. The number of amides is 1. The Bertz CT molecular complexity index is 1360. The Labute approximate surface area is 197 Å². The van der Waals surface area contributed by atoms with Crippen molar-refractivity contribution in [1.82, 2.24) is 30.1 Å². The lowest BCUT2D eigenvalue weighted by atomic mass is 9.99. The predicted octanol–water partition coefficient (Wildman–Crippen LogP) is 2.64. The van der Waals surface area contributed by atoms with Crippen LogP contribution in [0.1, 0.15) is 15.9 Å². The second-order valence-corrected chi connectivity index (χ2v) is 8.49. The molecule has 0 atom stereocenters. The highest BCUT2D eigenvalue weighted by molar-refractivity contribution is 6.06. The minimum Gasteiger partial charge on any atom is -0.368 e. The second kappa shape index (κ2) is 8.44. The van der Waals surface area contributed by atoms with Gasteiger partial charge in [-0.1, -0.05) is 12.1 Å². The number of imidazole rings is 1. The zero-order valence-corrected chi connectivity index (χ0v) is 19.0. The van der Waals surface area contributed by atoms with Gasteiger partial charge in [0.05, 0.1) is 35.0 Å². The van der Waals surface area contributed by atoms with E-state index in [0.29, 0.717) is 17.9 Å². The molecular weight excluding hydrogens is 428 g/mol. The zero-order chi connectivity index (χ0) is 23.1. The Morgan fingerprint density at radius 2 is 1.85 bits per heavy atom. The van der Waals surface area contributed by atoms with E-state index in [-0.39, 0.29) is 5.91 Å². The van der Waals surface area contributed by atoms with Gasteiger partial charge in [-0.15, -0.1) is 0 Å². The van der Waals surface area contributed by atoms with Crippen LogP contribution >= 0.6 is 0 Å². The predicted molar refractivity (Wildman–Crippen MR) is 132 cm³/mol. The van der Waals surface area contributed by atoms with E-state index >= 15 is 0 Å². The van der Waals surface area contributed by atoms with Crippen LogP contribution in [0.2, 0.25) is 0 Å². The number of hydrogen-bond acceptors (Lipinski definition) is 7. The summed E-state index contributed by atoms with van der Waals surface area (Å²) in [7, 11) is 1.96. The number of nitrogens with one attached hydrogen (secondary N) is 3. The first kappa shape index (κ1) is 20.6. The van der Waals surface area contributed by atoms with Gasteiger partial charge < -0.3 is 15.5 Å². The molecular formula is C25H26N8O. The number of pyridine rings is 2. The summed E-state index contributed by atoms with van der Waals surface area (Å²) in [5, 5.41) is 8.55. The number of hydrogen-bond donors (Lipinski definition) is 3. The van der Waals surface area contributed by atoms with E-state index in [4.69, 9.17) is 0 Å². The van der Waals surface area contributed by atoms with Gasteiger partial charge in [0.1, 0.15) is 11.5 Å². The van der Waals surface area contributed by atoms with Crippen molar-refractivity contribution in [1.29, 1.82) is 0 Å². The Kier molecular flexibility index (Phi) is 5.12. The average Bonchev–Trinajstić information content (AvgIpc) is 3.49. The molecule has 0 radical (unpaired) electrons. The molecule has 3 aromatic heterocycles. The van der Waals surface area contributed by atoms with E-state index in [2.05, 4.69) is 42.0 Å². The maximum absolute atomic E-state index is 12.8. The molecule has 0 bridgehead atoms. The average molecular weight is 455 g/mol.